The molecule has 0 unspecified atom stereocenters. The van der Waals surface area contributed by atoms with Crippen LogP contribution < -0.4 is 10.6 Å². The number of halogens is 1. The van der Waals surface area contributed by atoms with Gasteiger partial charge in [0.2, 0.25) is 0 Å². The lowest BCUT2D eigenvalue weighted by Crippen LogP contribution is -2.37. The van der Waals surface area contributed by atoms with Crippen molar-refractivity contribution in [3.05, 3.63) is 71.1 Å². The molecule has 0 saturated heterocycles. The van der Waals surface area contributed by atoms with E-state index in [0.717, 1.165) is 40.9 Å². The fraction of sp³-hybridized carbons (Fsp3) is 0.222. The zero-order valence-electron chi connectivity index (χ0n) is 13.5. The van der Waals surface area contributed by atoms with Crippen LogP contribution in [0.1, 0.15) is 11.3 Å². The van der Waals surface area contributed by atoms with Gasteiger partial charge >= 0.3 is 0 Å². The van der Waals surface area contributed by atoms with Crippen molar-refractivity contribution in [2.75, 3.05) is 13.6 Å². The first-order valence-corrected chi connectivity index (χ1v) is 8.24. The van der Waals surface area contributed by atoms with Gasteiger partial charge < -0.3 is 15.0 Å². The van der Waals surface area contributed by atoms with E-state index in [-0.39, 0.29) is 0 Å². The van der Waals surface area contributed by atoms with Gasteiger partial charge in [0, 0.05) is 44.0 Å². The lowest BCUT2D eigenvalue weighted by atomic mass is 10.2. The van der Waals surface area contributed by atoms with Crippen LogP contribution in [0.5, 0.6) is 0 Å². The minimum absolute atomic E-state index is 0.700. The van der Waals surface area contributed by atoms with Gasteiger partial charge in [-0.1, -0.05) is 29.8 Å². The molecule has 2 heterocycles. The summed E-state index contributed by atoms with van der Waals surface area (Å²) < 4.78 is 2.03. The lowest BCUT2D eigenvalue weighted by Gasteiger charge is -2.11. The molecular formula is C18H20ClN5. The zero-order valence-corrected chi connectivity index (χ0v) is 14.3. The first-order valence-electron chi connectivity index (χ1n) is 7.86. The highest BCUT2D eigenvalue weighted by atomic mass is 35.5. The van der Waals surface area contributed by atoms with Gasteiger partial charge in [-0.3, -0.25) is 4.99 Å². The molecule has 3 rings (SSSR count). The van der Waals surface area contributed by atoms with Crippen LogP contribution in [-0.2, 0) is 13.0 Å². The van der Waals surface area contributed by atoms with Gasteiger partial charge in [0.1, 0.15) is 5.65 Å². The quantitative estimate of drug-likeness (QED) is 0.554. The van der Waals surface area contributed by atoms with E-state index < -0.39 is 0 Å². The van der Waals surface area contributed by atoms with Gasteiger partial charge in [-0.15, -0.1) is 0 Å². The third kappa shape index (κ3) is 4.26. The summed E-state index contributed by atoms with van der Waals surface area (Å²) in [6, 6.07) is 13.8. The highest BCUT2D eigenvalue weighted by Crippen LogP contribution is 2.09. The summed E-state index contributed by atoms with van der Waals surface area (Å²) in [7, 11) is 1.77. The average molecular weight is 342 g/mol. The highest BCUT2D eigenvalue weighted by Gasteiger charge is 2.02. The van der Waals surface area contributed by atoms with Crippen LogP contribution in [0.25, 0.3) is 5.65 Å². The molecule has 1 aromatic carbocycles. The summed E-state index contributed by atoms with van der Waals surface area (Å²) in [6.45, 7) is 1.47. The Labute approximate surface area is 146 Å². The number of nitrogens with zero attached hydrogens (tertiary/aromatic N) is 3. The number of fused-ring (bicyclic) bond motifs is 1. The third-order valence-corrected chi connectivity index (χ3v) is 3.94. The number of imidazole rings is 1. The topological polar surface area (TPSA) is 53.7 Å². The lowest BCUT2D eigenvalue weighted by molar-refractivity contribution is 0.787. The molecule has 0 aliphatic carbocycles. The summed E-state index contributed by atoms with van der Waals surface area (Å²) in [5, 5.41) is 7.34. The molecule has 0 fully saturated rings. The first-order chi connectivity index (χ1) is 11.7. The van der Waals surface area contributed by atoms with Crippen molar-refractivity contribution < 1.29 is 0 Å². The van der Waals surface area contributed by atoms with Crippen LogP contribution in [0.4, 0.5) is 0 Å². The van der Waals surface area contributed by atoms with E-state index in [2.05, 4.69) is 26.8 Å². The zero-order chi connectivity index (χ0) is 16.8. The number of rotatable bonds is 5. The number of hydrogen-bond acceptors (Lipinski definition) is 2. The smallest absolute Gasteiger partial charge is 0.191 e. The number of hydrogen-bond donors (Lipinski definition) is 2. The molecule has 0 bridgehead atoms. The molecule has 0 saturated carbocycles. The Balaban J connectivity index is 1.48. The number of guanidine groups is 1. The van der Waals surface area contributed by atoms with E-state index in [0.29, 0.717) is 6.54 Å². The van der Waals surface area contributed by atoms with Crippen molar-refractivity contribution in [2.45, 2.75) is 13.0 Å². The monoisotopic (exact) mass is 341 g/mol. The predicted octanol–water partition coefficient (Wildman–Crippen LogP) is 2.90. The molecule has 0 aliphatic rings. The van der Waals surface area contributed by atoms with E-state index in [1.165, 1.54) is 0 Å². The molecule has 0 spiro atoms. The number of aliphatic imine (C=N–C) groups is 1. The maximum absolute atomic E-state index is 5.89. The fourth-order valence-electron chi connectivity index (χ4n) is 2.43. The molecule has 0 atom stereocenters. The summed E-state index contributed by atoms with van der Waals surface area (Å²) >= 11 is 5.89. The Bertz CT molecular complexity index is 790. The van der Waals surface area contributed by atoms with E-state index >= 15 is 0 Å². The van der Waals surface area contributed by atoms with Crippen LogP contribution in [0.2, 0.25) is 5.02 Å². The minimum Gasteiger partial charge on any atom is -0.356 e. The third-order valence-electron chi connectivity index (χ3n) is 3.68. The molecule has 3 aromatic rings. The van der Waals surface area contributed by atoms with Crippen LogP contribution in [0, 0.1) is 0 Å². The maximum Gasteiger partial charge on any atom is 0.191 e. The van der Waals surface area contributed by atoms with Crippen molar-refractivity contribution in [1.29, 1.82) is 0 Å². The van der Waals surface area contributed by atoms with Gasteiger partial charge in [0.05, 0.1) is 5.69 Å². The van der Waals surface area contributed by atoms with Gasteiger partial charge in [-0.2, -0.15) is 0 Å². The Kier molecular flexibility index (Phi) is 5.33. The second-order valence-corrected chi connectivity index (χ2v) is 5.86. The van der Waals surface area contributed by atoms with Crippen LogP contribution in [0.3, 0.4) is 0 Å². The largest absolute Gasteiger partial charge is 0.356 e. The molecule has 0 amide bonds. The molecule has 6 heteroatoms. The van der Waals surface area contributed by atoms with Crippen LogP contribution in [0.15, 0.2) is 59.9 Å². The molecule has 2 N–H and O–H groups in total. The van der Waals surface area contributed by atoms with Crippen molar-refractivity contribution in [3.63, 3.8) is 0 Å². The summed E-state index contributed by atoms with van der Waals surface area (Å²) in [5.41, 5.74) is 3.18. The number of aromatic nitrogens is 2. The molecule has 2 aromatic heterocycles. The first kappa shape index (κ1) is 16.3. The fourth-order valence-corrected chi connectivity index (χ4v) is 2.55. The number of nitrogens with one attached hydrogen (secondary N) is 2. The van der Waals surface area contributed by atoms with Gasteiger partial charge in [-0.25, -0.2) is 4.98 Å². The summed E-state index contributed by atoms with van der Waals surface area (Å²) in [5.74, 6) is 0.772. The molecule has 5 nitrogen and oxygen atoms in total. The highest BCUT2D eigenvalue weighted by molar-refractivity contribution is 6.30. The standard InChI is InChI=1S/C18H20ClN5/c1-20-18(22-12-14-5-7-15(19)8-6-14)21-10-9-16-13-24-11-3-2-4-17(24)23-16/h2-8,11,13H,9-10,12H2,1H3,(H2,20,21,22). The van der Waals surface area contributed by atoms with Gasteiger partial charge in [0.25, 0.3) is 0 Å². The summed E-state index contributed by atoms with van der Waals surface area (Å²) in [6.07, 6.45) is 4.90. The normalized spacial score (nSPS) is 11.7. The molecule has 0 radical (unpaired) electrons. The maximum atomic E-state index is 5.89. The predicted molar refractivity (Wildman–Crippen MR) is 98.5 cm³/mol. The Morgan fingerprint density at radius 3 is 2.75 bits per heavy atom. The second kappa shape index (κ2) is 7.84. The molecule has 0 aliphatic heterocycles. The Morgan fingerprint density at radius 1 is 1.17 bits per heavy atom. The van der Waals surface area contributed by atoms with Gasteiger partial charge in [-0.05, 0) is 29.8 Å². The van der Waals surface area contributed by atoms with E-state index in [1.54, 1.807) is 7.05 Å². The minimum atomic E-state index is 0.700. The van der Waals surface area contributed by atoms with E-state index in [4.69, 9.17) is 11.6 Å². The molecule has 124 valence electrons. The van der Waals surface area contributed by atoms with Crippen LogP contribution in [-0.4, -0.2) is 28.9 Å². The molecule has 24 heavy (non-hydrogen) atoms. The SMILES string of the molecule is CN=C(NCCc1cn2ccccc2n1)NCc1ccc(Cl)cc1. The summed E-state index contributed by atoms with van der Waals surface area (Å²) in [4.78, 5) is 8.82. The van der Waals surface area contributed by atoms with Crippen molar-refractivity contribution >= 4 is 23.2 Å². The average Bonchev–Trinajstić information content (AvgIpc) is 3.02. The van der Waals surface area contributed by atoms with E-state index in [9.17, 15) is 0 Å². The van der Waals surface area contributed by atoms with Crippen LogP contribution >= 0.6 is 11.6 Å². The number of benzene rings is 1. The Hall–Kier alpha value is -2.53. The second-order valence-electron chi connectivity index (χ2n) is 5.43. The van der Waals surface area contributed by atoms with E-state index in [1.807, 2.05) is 53.1 Å². The molecular weight excluding hydrogens is 322 g/mol. The van der Waals surface area contributed by atoms with Gasteiger partial charge in [0.15, 0.2) is 5.96 Å². The van der Waals surface area contributed by atoms with Crippen molar-refractivity contribution in [1.82, 2.24) is 20.0 Å². The van der Waals surface area contributed by atoms with Crippen molar-refractivity contribution in [3.8, 4) is 0 Å². The number of pyridine rings is 1. The van der Waals surface area contributed by atoms with Crippen molar-refractivity contribution in [2.24, 2.45) is 4.99 Å². The Morgan fingerprint density at radius 2 is 2.00 bits per heavy atom.